The summed E-state index contributed by atoms with van der Waals surface area (Å²) >= 11 is 6.64. The molecule has 1 unspecified atom stereocenters. The van der Waals surface area contributed by atoms with Crippen molar-refractivity contribution in [3.63, 3.8) is 0 Å². The van der Waals surface area contributed by atoms with E-state index in [0.717, 1.165) is 0 Å². The zero-order valence-electron chi connectivity index (χ0n) is 17.9. The molecule has 0 radical (unpaired) electrons. The second kappa shape index (κ2) is 8.09. The van der Waals surface area contributed by atoms with E-state index < -0.39 is 17.3 Å². The molecule has 3 aromatic carbocycles. The quantitative estimate of drug-likeness (QED) is 0.388. The van der Waals surface area contributed by atoms with Gasteiger partial charge < -0.3 is 19.9 Å². The Balaban J connectivity index is 1.70. The number of aromatic nitrogens is 3. The molecule has 0 saturated carbocycles. The predicted octanol–water partition coefficient (Wildman–Crippen LogP) is 4.50. The summed E-state index contributed by atoms with van der Waals surface area (Å²) in [4.78, 5) is 16.6. The number of aryl methyl sites for hydroxylation is 1. The number of carbonyl (C=O) groups is 1. The molecule has 5 aromatic rings. The van der Waals surface area contributed by atoms with Crippen molar-refractivity contribution in [1.82, 2.24) is 14.7 Å². The number of carbonyl (C=O) groups excluding carboxylic acids is 1. The van der Waals surface area contributed by atoms with Crippen LogP contribution in [0.1, 0.15) is 17.0 Å². The number of fused-ring (bicyclic) bond motifs is 1. The fourth-order valence-corrected chi connectivity index (χ4v) is 4.39. The molecular formula is C25H18ClFN4O3. The number of nitrogens with zero attached hydrogens (tertiary/aromatic N) is 3. The lowest BCUT2D eigenvalue weighted by molar-refractivity contribution is -0.133. The SMILES string of the molecule is Cc1nc(-c2c(Cl)c3cc(F)ccc3n2-c2ccc(C(O)(C(N)=O)c3ccccc3)cc2)no1. The average Bonchev–Trinajstić information content (AvgIpc) is 3.39. The fraction of sp³-hybridized carbons (Fsp3) is 0.0800. The van der Waals surface area contributed by atoms with Gasteiger partial charge in [0.2, 0.25) is 11.7 Å². The topological polar surface area (TPSA) is 107 Å². The standard InChI is InChI=1S/C25H18ClFN4O3/c1-14-29-23(30-34-14)22-21(26)19-13-17(27)9-12-20(19)31(22)18-10-7-16(8-11-18)25(33,24(28)32)15-5-3-2-4-6-15/h2-13,33H,1H3,(H2,28,32). The lowest BCUT2D eigenvalue weighted by Crippen LogP contribution is -2.42. The molecule has 2 heterocycles. The van der Waals surface area contributed by atoms with Crippen LogP contribution in [0, 0.1) is 12.7 Å². The van der Waals surface area contributed by atoms with Crippen molar-refractivity contribution in [1.29, 1.82) is 0 Å². The van der Waals surface area contributed by atoms with Crippen LogP contribution in [0.3, 0.4) is 0 Å². The molecule has 9 heteroatoms. The Hall–Kier alpha value is -4.01. The maximum atomic E-state index is 14.0. The highest BCUT2D eigenvalue weighted by atomic mass is 35.5. The molecule has 0 aliphatic carbocycles. The van der Waals surface area contributed by atoms with Crippen molar-refractivity contribution in [2.45, 2.75) is 12.5 Å². The Morgan fingerprint density at radius 1 is 1.09 bits per heavy atom. The highest BCUT2D eigenvalue weighted by Crippen LogP contribution is 2.39. The monoisotopic (exact) mass is 476 g/mol. The van der Waals surface area contributed by atoms with Gasteiger partial charge >= 0.3 is 0 Å². The van der Waals surface area contributed by atoms with Crippen LogP contribution in [-0.4, -0.2) is 25.7 Å². The molecule has 170 valence electrons. The van der Waals surface area contributed by atoms with Crippen LogP contribution < -0.4 is 5.73 Å². The summed E-state index contributed by atoms with van der Waals surface area (Å²) in [7, 11) is 0. The van der Waals surface area contributed by atoms with Crippen molar-refractivity contribution in [3.05, 3.63) is 101 Å². The van der Waals surface area contributed by atoms with Crippen molar-refractivity contribution in [2.24, 2.45) is 5.73 Å². The average molecular weight is 477 g/mol. The van der Waals surface area contributed by atoms with Gasteiger partial charge in [-0.2, -0.15) is 4.98 Å². The third-order valence-electron chi connectivity index (χ3n) is 5.70. The maximum Gasteiger partial charge on any atom is 0.258 e. The lowest BCUT2D eigenvalue weighted by atomic mass is 9.85. The van der Waals surface area contributed by atoms with Crippen LogP contribution >= 0.6 is 11.6 Å². The second-order valence-electron chi connectivity index (χ2n) is 7.78. The van der Waals surface area contributed by atoms with Crippen LogP contribution in [0.15, 0.2) is 77.3 Å². The minimum Gasteiger partial charge on any atom is -0.372 e. The summed E-state index contributed by atoms with van der Waals surface area (Å²) < 4.78 is 20.9. The van der Waals surface area contributed by atoms with E-state index >= 15 is 0 Å². The maximum absolute atomic E-state index is 14.0. The number of halogens is 2. The molecule has 1 amide bonds. The summed E-state index contributed by atoms with van der Waals surface area (Å²) in [5.41, 5.74) is 5.87. The van der Waals surface area contributed by atoms with Gasteiger partial charge in [0, 0.05) is 18.0 Å². The minimum atomic E-state index is -2.02. The van der Waals surface area contributed by atoms with Crippen molar-refractivity contribution >= 4 is 28.4 Å². The first-order chi connectivity index (χ1) is 16.3. The smallest absolute Gasteiger partial charge is 0.258 e. The van der Waals surface area contributed by atoms with Gasteiger partial charge in [0.25, 0.3) is 5.91 Å². The molecule has 0 spiro atoms. The normalized spacial score (nSPS) is 13.2. The number of hydrogen-bond acceptors (Lipinski definition) is 5. The molecule has 34 heavy (non-hydrogen) atoms. The number of amides is 1. The van der Waals surface area contributed by atoms with Crippen LogP contribution in [-0.2, 0) is 10.4 Å². The first-order valence-corrected chi connectivity index (χ1v) is 10.7. The summed E-state index contributed by atoms with van der Waals surface area (Å²) in [6, 6.07) is 19.3. The van der Waals surface area contributed by atoms with Crippen molar-refractivity contribution in [3.8, 4) is 17.2 Å². The van der Waals surface area contributed by atoms with Crippen molar-refractivity contribution in [2.75, 3.05) is 0 Å². The number of nitrogens with two attached hydrogens (primary N) is 1. The Kier molecular flexibility index (Phi) is 5.19. The first-order valence-electron chi connectivity index (χ1n) is 10.3. The Bertz CT molecular complexity index is 1530. The molecule has 3 N–H and O–H groups in total. The zero-order valence-corrected chi connectivity index (χ0v) is 18.6. The van der Waals surface area contributed by atoms with Crippen LogP contribution in [0.5, 0.6) is 0 Å². The van der Waals surface area contributed by atoms with E-state index in [-0.39, 0.29) is 10.8 Å². The van der Waals surface area contributed by atoms with Crippen LogP contribution in [0.2, 0.25) is 5.02 Å². The second-order valence-corrected chi connectivity index (χ2v) is 8.16. The highest BCUT2D eigenvalue weighted by molar-refractivity contribution is 6.38. The van der Waals surface area contributed by atoms with E-state index in [1.165, 1.54) is 12.1 Å². The van der Waals surface area contributed by atoms with Gasteiger partial charge in [-0.3, -0.25) is 4.79 Å². The Morgan fingerprint density at radius 3 is 2.38 bits per heavy atom. The molecule has 0 saturated heterocycles. The van der Waals surface area contributed by atoms with E-state index in [1.807, 2.05) is 0 Å². The van der Waals surface area contributed by atoms with Gasteiger partial charge in [0.15, 0.2) is 5.60 Å². The third-order valence-corrected chi connectivity index (χ3v) is 6.08. The lowest BCUT2D eigenvalue weighted by Gasteiger charge is -2.26. The molecule has 0 aliphatic heterocycles. The predicted molar refractivity (Wildman–Crippen MR) is 125 cm³/mol. The van der Waals surface area contributed by atoms with Gasteiger partial charge in [0.1, 0.15) is 11.5 Å². The number of benzene rings is 3. The summed E-state index contributed by atoms with van der Waals surface area (Å²) in [5.74, 6) is -0.758. The first kappa shape index (κ1) is 21.8. The fourth-order valence-electron chi connectivity index (χ4n) is 4.07. The molecule has 1 atom stereocenters. The van der Waals surface area contributed by atoms with E-state index in [2.05, 4.69) is 10.1 Å². The van der Waals surface area contributed by atoms with Crippen LogP contribution in [0.4, 0.5) is 4.39 Å². The molecule has 2 aromatic heterocycles. The van der Waals surface area contributed by atoms with E-state index in [1.54, 1.807) is 72.2 Å². The Labute approximate surface area is 198 Å². The molecule has 5 rings (SSSR count). The summed E-state index contributed by atoms with van der Waals surface area (Å²) in [6.45, 7) is 1.65. The van der Waals surface area contributed by atoms with Gasteiger partial charge in [-0.15, -0.1) is 0 Å². The van der Waals surface area contributed by atoms with Crippen LogP contribution in [0.25, 0.3) is 28.1 Å². The minimum absolute atomic E-state index is 0.237. The number of rotatable bonds is 5. The molecule has 0 aliphatic rings. The highest BCUT2D eigenvalue weighted by Gasteiger charge is 2.38. The molecule has 7 nitrogen and oxygen atoms in total. The number of aliphatic hydroxyl groups is 1. The van der Waals surface area contributed by atoms with Gasteiger partial charge in [0.05, 0.1) is 10.5 Å². The number of primary amides is 1. The summed E-state index contributed by atoms with van der Waals surface area (Å²) in [6.07, 6.45) is 0. The van der Waals surface area contributed by atoms with Gasteiger partial charge in [-0.05, 0) is 41.5 Å². The van der Waals surface area contributed by atoms with E-state index in [0.29, 0.717) is 39.3 Å². The van der Waals surface area contributed by atoms with E-state index in [9.17, 15) is 14.3 Å². The Morgan fingerprint density at radius 2 is 1.76 bits per heavy atom. The van der Waals surface area contributed by atoms with Gasteiger partial charge in [-0.25, -0.2) is 4.39 Å². The third kappa shape index (κ3) is 3.35. The summed E-state index contributed by atoms with van der Waals surface area (Å²) in [5, 5.41) is 16.0. The largest absolute Gasteiger partial charge is 0.372 e. The zero-order chi connectivity index (χ0) is 24.0. The number of hydrogen-bond donors (Lipinski definition) is 2. The molecule has 0 bridgehead atoms. The van der Waals surface area contributed by atoms with Crippen molar-refractivity contribution < 1.29 is 18.8 Å². The molecular weight excluding hydrogens is 459 g/mol. The van der Waals surface area contributed by atoms with Gasteiger partial charge in [-0.1, -0.05) is 59.2 Å². The van der Waals surface area contributed by atoms with E-state index in [4.69, 9.17) is 21.9 Å². The molecule has 0 fully saturated rings.